The van der Waals surface area contributed by atoms with E-state index in [0.717, 1.165) is 0 Å². The third kappa shape index (κ3) is 7.48. The summed E-state index contributed by atoms with van der Waals surface area (Å²) in [5.41, 5.74) is 1.68. The summed E-state index contributed by atoms with van der Waals surface area (Å²) in [6.45, 7) is 1.70. The Kier molecular flexibility index (Phi) is 10.5. The van der Waals surface area contributed by atoms with E-state index in [0.29, 0.717) is 43.0 Å². The highest BCUT2D eigenvalue weighted by atomic mass is 35.5. The fraction of sp³-hybridized carbons (Fsp3) is 0.464. The quantitative estimate of drug-likeness (QED) is 0.297. The number of carbonyl (C=O) groups is 1. The Labute approximate surface area is 261 Å². The van der Waals surface area contributed by atoms with Crippen molar-refractivity contribution in [3.63, 3.8) is 0 Å². The summed E-state index contributed by atoms with van der Waals surface area (Å²) >= 11 is 12.6. The molecule has 1 saturated heterocycles. The topological polar surface area (TPSA) is 147 Å². The lowest BCUT2D eigenvalue weighted by molar-refractivity contribution is -0.138. The maximum atomic E-state index is 14.4. The molecule has 1 atom stereocenters. The molecule has 0 saturated carbocycles. The maximum Gasteiger partial charge on any atom is 0.416 e. The number of rotatable bonds is 10. The lowest BCUT2D eigenvalue weighted by atomic mass is 10.00. The molecule has 4 N–H and O–H groups in total. The van der Waals surface area contributed by atoms with Gasteiger partial charge in [-0.2, -0.15) is 13.2 Å². The second-order valence-electron chi connectivity index (χ2n) is 10.6. The van der Waals surface area contributed by atoms with Gasteiger partial charge in [0.2, 0.25) is 5.91 Å². The number of nitrogens with two attached hydrogens (primary N) is 1. The molecule has 1 aliphatic rings. The molecule has 1 aliphatic heterocycles. The first-order chi connectivity index (χ1) is 20.7. The van der Waals surface area contributed by atoms with Gasteiger partial charge in [0.15, 0.2) is 9.84 Å². The van der Waals surface area contributed by atoms with Gasteiger partial charge >= 0.3 is 11.9 Å². The van der Waals surface area contributed by atoms with Crippen molar-refractivity contribution in [2.45, 2.75) is 62.8 Å². The molecule has 0 bridgehead atoms. The van der Waals surface area contributed by atoms with E-state index in [1.165, 1.54) is 25.1 Å². The van der Waals surface area contributed by atoms with Gasteiger partial charge in [-0.3, -0.25) is 19.1 Å². The van der Waals surface area contributed by atoms with Crippen molar-refractivity contribution in [3.05, 3.63) is 71.8 Å². The van der Waals surface area contributed by atoms with Crippen LogP contribution in [0.25, 0.3) is 10.9 Å². The van der Waals surface area contributed by atoms with Crippen LogP contribution in [0.4, 0.5) is 13.2 Å². The Morgan fingerprint density at radius 1 is 1.18 bits per heavy atom. The third-order valence-corrected chi connectivity index (χ3v) is 10.0. The smallest absolute Gasteiger partial charge is 0.352 e. The minimum atomic E-state index is -4.90. The average Bonchev–Trinajstić information content (AvgIpc) is 2.95. The van der Waals surface area contributed by atoms with Crippen LogP contribution in [-0.4, -0.2) is 60.2 Å². The number of aromatic amines is 1. The van der Waals surface area contributed by atoms with Gasteiger partial charge in [-0.25, -0.2) is 13.2 Å². The molecule has 240 valence electrons. The molecule has 1 aromatic heterocycles. The number of hydrogen-bond donors (Lipinski definition) is 3. The second kappa shape index (κ2) is 13.6. The first-order valence-corrected chi connectivity index (χ1v) is 16.4. The fourth-order valence-corrected chi connectivity index (χ4v) is 6.96. The predicted octanol–water partition coefficient (Wildman–Crippen LogP) is 3.68. The molecule has 4 rings (SSSR count). The van der Waals surface area contributed by atoms with Gasteiger partial charge in [0.25, 0.3) is 5.56 Å². The van der Waals surface area contributed by atoms with E-state index in [2.05, 4.69) is 10.3 Å². The number of alkyl halides is 3. The normalized spacial score (nSPS) is 16.4. The first kappa shape index (κ1) is 34.0. The van der Waals surface area contributed by atoms with Crippen LogP contribution >= 0.6 is 23.2 Å². The van der Waals surface area contributed by atoms with Crippen molar-refractivity contribution < 1.29 is 26.4 Å². The van der Waals surface area contributed by atoms with Crippen LogP contribution in [0.1, 0.15) is 49.3 Å². The summed E-state index contributed by atoms with van der Waals surface area (Å²) in [4.78, 5) is 42.8. The molecule has 0 radical (unpaired) electrons. The van der Waals surface area contributed by atoms with Crippen molar-refractivity contribution in [1.82, 2.24) is 19.8 Å². The van der Waals surface area contributed by atoms with Gasteiger partial charge in [0, 0.05) is 30.6 Å². The number of amides is 1. The van der Waals surface area contributed by atoms with Gasteiger partial charge in [0.05, 0.1) is 38.7 Å². The zero-order chi connectivity index (χ0) is 32.4. The molecular formula is C28H32Cl2F3N5O5S. The summed E-state index contributed by atoms with van der Waals surface area (Å²) in [5, 5.41) is 2.11. The molecule has 0 unspecified atom stereocenters. The Morgan fingerprint density at radius 2 is 1.91 bits per heavy atom. The minimum absolute atomic E-state index is 0.0276. The Morgan fingerprint density at radius 3 is 2.57 bits per heavy atom. The predicted molar refractivity (Wildman–Crippen MR) is 162 cm³/mol. The van der Waals surface area contributed by atoms with E-state index in [1.807, 2.05) is 0 Å². The lowest BCUT2D eigenvalue weighted by Crippen LogP contribution is -2.47. The number of piperidine rings is 1. The van der Waals surface area contributed by atoms with Crippen molar-refractivity contribution in [3.8, 4) is 0 Å². The number of fused-ring (bicyclic) bond motifs is 1. The number of sulfone groups is 1. The summed E-state index contributed by atoms with van der Waals surface area (Å²) < 4.78 is 69.1. The summed E-state index contributed by atoms with van der Waals surface area (Å²) in [5.74, 6) is -0.454. The van der Waals surface area contributed by atoms with Gasteiger partial charge < -0.3 is 16.0 Å². The van der Waals surface area contributed by atoms with E-state index in [4.69, 9.17) is 28.9 Å². The van der Waals surface area contributed by atoms with Crippen LogP contribution in [0.3, 0.4) is 0 Å². The molecule has 0 spiro atoms. The number of nitrogens with zero attached hydrogens (tertiary/aromatic N) is 2. The lowest BCUT2D eigenvalue weighted by Gasteiger charge is -2.34. The SMILES string of the molecule is CCS(=O)(=O)c1ccc(Cl)cc1Cn1c(=O)[nH]c2c(Cl)c(CN3CCC[C@@H](NC(=O)CCCN)C3)c(C(F)(F)F)cc2c1=O. The number of halogens is 5. The van der Waals surface area contributed by atoms with Crippen LogP contribution in [0, 0.1) is 0 Å². The largest absolute Gasteiger partial charge is 0.416 e. The minimum Gasteiger partial charge on any atom is -0.352 e. The number of hydrogen-bond acceptors (Lipinski definition) is 7. The van der Waals surface area contributed by atoms with Crippen LogP contribution in [0.15, 0.2) is 38.8 Å². The van der Waals surface area contributed by atoms with Crippen LogP contribution in [0.5, 0.6) is 0 Å². The number of benzene rings is 2. The summed E-state index contributed by atoms with van der Waals surface area (Å²) in [6, 6.07) is 4.26. The van der Waals surface area contributed by atoms with E-state index in [-0.39, 0.29) is 63.8 Å². The molecule has 44 heavy (non-hydrogen) atoms. The zero-order valence-electron chi connectivity index (χ0n) is 23.8. The highest BCUT2D eigenvalue weighted by molar-refractivity contribution is 7.91. The summed E-state index contributed by atoms with van der Waals surface area (Å²) in [7, 11) is -3.79. The number of likely N-dealkylation sites (tertiary alicyclic amines) is 1. The highest BCUT2D eigenvalue weighted by Gasteiger charge is 2.37. The van der Waals surface area contributed by atoms with E-state index in [9.17, 15) is 36.0 Å². The Hall–Kier alpha value is -2.91. The van der Waals surface area contributed by atoms with Crippen molar-refractivity contribution in [2.24, 2.45) is 5.73 Å². The fourth-order valence-electron chi connectivity index (χ4n) is 5.35. The van der Waals surface area contributed by atoms with Crippen molar-refractivity contribution in [2.75, 3.05) is 25.4 Å². The monoisotopic (exact) mass is 677 g/mol. The molecule has 1 amide bonds. The van der Waals surface area contributed by atoms with Crippen LogP contribution in [0.2, 0.25) is 10.0 Å². The van der Waals surface area contributed by atoms with Crippen molar-refractivity contribution in [1.29, 1.82) is 0 Å². The van der Waals surface area contributed by atoms with E-state index in [1.54, 1.807) is 4.90 Å². The van der Waals surface area contributed by atoms with Crippen LogP contribution < -0.4 is 22.3 Å². The van der Waals surface area contributed by atoms with Gasteiger partial charge in [-0.15, -0.1) is 0 Å². The molecule has 3 aromatic rings. The standard InChI is InChI=1S/C28H32Cl2F3N5O5S/c1-2-44(42,43)22-8-7-17(29)11-16(22)13-38-26(40)19-12-21(28(31,32)33)20(24(30)25(19)36-27(38)41)15-37-10-4-5-18(14-37)35-23(39)6-3-9-34/h7-8,11-12,18H,2-6,9-10,13-15,34H2,1H3,(H,35,39)(H,36,41)/t18-/m1/s1. The molecule has 2 heterocycles. The molecule has 16 heteroatoms. The molecule has 1 fully saturated rings. The zero-order valence-corrected chi connectivity index (χ0v) is 26.1. The molecule has 2 aromatic carbocycles. The highest BCUT2D eigenvalue weighted by Crippen LogP contribution is 2.39. The molecule has 0 aliphatic carbocycles. The number of nitrogens with one attached hydrogen (secondary N) is 2. The number of aromatic nitrogens is 2. The van der Waals surface area contributed by atoms with Crippen LogP contribution in [-0.2, 0) is 33.9 Å². The van der Waals surface area contributed by atoms with Crippen molar-refractivity contribution >= 4 is 49.8 Å². The first-order valence-electron chi connectivity index (χ1n) is 13.9. The van der Waals surface area contributed by atoms with Gasteiger partial charge in [0.1, 0.15) is 0 Å². The molecular weight excluding hydrogens is 646 g/mol. The molecule has 10 nitrogen and oxygen atoms in total. The Balaban J connectivity index is 1.75. The summed E-state index contributed by atoms with van der Waals surface area (Å²) in [6.07, 6.45) is -2.86. The van der Waals surface area contributed by atoms with E-state index < -0.39 is 49.8 Å². The number of carbonyl (C=O) groups excluding carboxylic acids is 1. The third-order valence-electron chi connectivity index (χ3n) is 7.55. The van der Waals surface area contributed by atoms with E-state index >= 15 is 0 Å². The maximum absolute atomic E-state index is 14.4. The Bertz CT molecular complexity index is 1790. The van der Waals surface area contributed by atoms with Gasteiger partial charge in [-0.05, 0) is 67.7 Å². The van der Waals surface area contributed by atoms with Gasteiger partial charge in [-0.1, -0.05) is 30.1 Å². The average molecular weight is 679 g/mol. The number of H-pyrrole nitrogens is 1. The second-order valence-corrected chi connectivity index (χ2v) is 13.7.